The van der Waals surface area contributed by atoms with Crippen molar-refractivity contribution in [1.82, 2.24) is 9.29 Å². The van der Waals surface area contributed by atoms with Crippen molar-refractivity contribution in [2.45, 2.75) is 31.3 Å². The third-order valence-corrected chi connectivity index (χ3v) is 5.95. The molecule has 2 unspecified atom stereocenters. The Bertz CT molecular complexity index is 1020. The van der Waals surface area contributed by atoms with Crippen LogP contribution in [0, 0.1) is 5.82 Å². The van der Waals surface area contributed by atoms with Crippen LogP contribution < -0.4 is 10.3 Å². The molecule has 3 nitrogen and oxygen atoms in total. The molecule has 4 rings (SSSR count). The van der Waals surface area contributed by atoms with Crippen molar-refractivity contribution in [3.8, 4) is 11.1 Å². The van der Waals surface area contributed by atoms with Crippen LogP contribution in [0.4, 0.5) is 4.39 Å². The van der Waals surface area contributed by atoms with Crippen LogP contribution in [0.2, 0.25) is 0 Å². The van der Waals surface area contributed by atoms with Gasteiger partial charge in [-0.25, -0.2) is 4.39 Å². The van der Waals surface area contributed by atoms with E-state index in [1.165, 1.54) is 6.07 Å². The summed E-state index contributed by atoms with van der Waals surface area (Å²) in [5, 5.41) is 0. The van der Waals surface area contributed by atoms with Gasteiger partial charge in [-0.2, -0.15) is 0 Å². The normalized spacial score (nSPS) is 18.6. The molecule has 2 atom stereocenters. The van der Waals surface area contributed by atoms with E-state index in [-0.39, 0.29) is 12.1 Å². The molecule has 0 saturated carbocycles. The van der Waals surface area contributed by atoms with Gasteiger partial charge in [-0.1, -0.05) is 66.5 Å². The van der Waals surface area contributed by atoms with Gasteiger partial charge >= 0.3 is 0 Å². The SMILES string of the molecule is CSNC1CCc2ccc(F)c(=O)n2C1Cc1cccc(-c2ccccc2)c1. The molecule has 1 N–H and O–H groups in total. The molecule has 144 valence electrons. The van der Waals surface area contributed by atoms with Crippen molar-refractivity contribution in [3.63, 3.8) is 0 Å². The second-order valence-electron chi connectivity index (χ2n) is 7.15. The summed E-state index contributed by atoms with van der Waals surface area (Å²) in [4.78, 5) is 12.6. The second kappa shape index (κ2) is 8.33. The van der Waals surface area contributed by atoms with Crippen molar-refractivity contribution in [2.24, 2.45) is 0 Å². The lowest BCUT2D eigenvalue weighted by molar-refractivity contribution is 0.315. The van der Waals surface area contributed by atoms with Crippen molar-refractivity contribution >= 4 is 11.9 Å². The summed E-state index contributed by atoms with van der Waals surface area (Å²) in [5.74, 6) is -0.684. The zero-order valence-corrected chi connectivity index (χ0v) is 16.6. The van der Waals surface area contributed by atoms with Gasteiger partial charge in [-0.15, -0.1) is 0 Å². The van der Waals surface area contributed by atoms with E-state index in [1.807, 2.05) is 30.5 Å². The fourth-order valence-electron chi connectivity index (χ4n) is 4.08. The molecule has 3 aromatic rings. The van der Waals surface area contributed by atoms with Crippen LogP contribution in [0.25, 0.3) is 11.1 Å². The maximum Gasteiger partial charge on any atom is 0.287 e. The van der Waals surface area contributed by atoms with Crippen LogP contribution in [-0.4, -0.2) is 16.9 Å². The monoisotopic (exact) mass is 394 g/mol. The Balaban J connectivity index is 1.72. The lowest BCUT2D eigenvalue weighted by Crippen LogP contribution is -2.45. The third kappa shape index (κ3) is 3.77. The number of fused-ring (bicyclic) bond motifs is 1. The Kier molecular flexibility index (Phi) is 5.64. The van der Waals surface area contributed by atoms with Crippen molar-refractivity contribution in [1.29, 1.82) is 0 Å². The van der Waals surface area contributed by atoms with E-state index in [1.54, 1.807) is 22.6 Å². The van der Waals surface area contributed by atoms with Crippen LogP contribution in [0.5, 0.6) is 0 Å². The maximum atomic E-state index is 14.1. The van der Waals surface area contributed by atoms with E-state index < -0.39 is 11.4 Å². The summed E-state index contributed by atoms with van der Waals surface area (Å²) < 4.78 is 19.1. The molecule has 0 fully saturated rings. The quantitative estimate of drug-likeness (QED) is 0.641. The summed E-state index contributed by atoms with van der Waals surface area (Å²) >= 11 is 1.55. The average molecular weight is 395 g/mol. The first-order chi connectivity index (χ1) is 13.7. The van der Waals surface area contributed by atoms with Gasteiger partial charge < -0.3 is 4.57 Å². The zero-order chi connectivity index (χ0) is 19.5. The van der Waals surface area contributed by atoms with Crippen molar-refractivity contribution in [2.75, 3.05) is 6.26 Å². The van der Waals surface area contributed by atoms with Crippen LogP contribution in [-0.2, 0) is 12.8 Å². The Hall–Kier alpha value is -2.37. The molecular weight excluding hydrogens is 371 g/mol. The summed E-state index contributed by atoms with van der Waals surface area (Å²) in [7, 11) is 0. The smallest absolute Gasteiger partial charge is 0.287 e. The predicted octanol–water partition coefficient (Wildman–Crippen LogP) is 4.62. The fraction of sp³-hybridized carbons (Fsp3) is 0.261. The zero-order valence-electron chi connectivity index (χ0n) is 15.8. The minimum atomic E-state index is -0.684. The number of hydrogen-bond acceptors (Lipinski definition) is 3. The number of aromatic nitrogens is 1. The van der Waals surface area contributed by atoms with Gasteiger partial charge in [-0.3, -0.25) is 9.52 Å². The number of benzene rings is 2. The second-order valence-corrected chi connectivity index (χ2v) is 7.80. The van der Waals surface area contributed by atoms with Crippen LogP contribution in [0.3, 0.4) is 0 Å². The standard InChI is InChI=1S/C23H23FN2OS/c1-28-25-21-13-11-19-10-12-20(24)23(27)26(19)22(21)15-16-6-5-9-18(14-16)17-7-3-2-4-8-17/h2-10,12,14,21-22,25H,11,13,15H2,1H3. The molecule has 0 saturated heterocycles. The lowest BCUT2D eigenvalue weighted by Gasteiger charge is -2.35. The summed E-state index contributed by atoms with van der Waals surface area (Å²) in [6.07, 6.45) is 4.36. The first-order valence-electron chi connectivity index (χ1n) is 9.50. The molecule has 5 heteroatoms. The summed E-state index contributed by atoms with van der Waals surface area (Å²) in [6, 6.07) is 21.7. The minimum absolute atomic E-state index is 0.113. The average Bonchev–Trinajstić information content (AvgIpc) is 2.73. The fourth-order valence-corrected chi connectivity index (χ4v) is 4.66. The molecule has 1 aromatic heterocycles. The van der Waals surface area contributed by atoms with Gasteiger partial charge in [0, 0.05) is 11.7 Å². The molecule has 2 aromatic carbocycles. The van der Waals surface area contributed by atoms with E-state index >= 15 is 0 Å². The number of pyridine rings is 1. The molecule has 0 spiro atoms. The largest absolute Gasteiger partial charge is 0.305 e. The molecule has 0 bridgehead atoms. The van der Waals surface area contributed by atoms with Crippen molar-refractivity contribution in [3.05, 3.63) is 94.2 Å². The molecule has 28 heavy (non-hydrogen) atoms. The molecule has 1 aliphatic heterocycles. The van der Waals surface area contributed by atoms with Gasteiger partial charge in [0.1, 0.15) is 0 Å². The Morgan fingerprint density at radius 3 is 2.64 bits per heavy atom. The van der Waals surface area contributed by atoms with Crippen LogP contribution >= 0.6 is 11.9 Å². The highest BCUT2D eigenvalue weighted by atomic mass is 32.2. The Morgan fingerprint density at radius 2 is 1.86 bits per heavy atom. The molecule has 0 aliphatic carbocycles. The lowest BCUT2D eigenvalue weighted by atomic mass is 9.90. The number of aryl methyl sites for hydroxylation is 1. The van der Waals surface area contributed by atoms with E-state index in [0.717, 1.165) is 35.2 Å². The van der Waals surface area contributed by atoms with Crippen molar-refractivity contribution < 1.29 is 4.39 Å². The number of nitrogens with one attached hydrogen (secondary N) is 1. The number of halogens is 1. The number of rotatable bonds is 5. The number of nitrogens with zero attached hydrogens (tertiary/aromatic N) is 1. The first kappa shape index (κ1) is 19.0. The van der Waals surface area contributed by atoms with Gasteiger partial charge in [0.25, 0.3) is 5.56 Å². The molecule has 2 heterocycles. The van der Waals surface area contributed by atoms with Gasteiger partial charge in [0.05, 0.1) is 6.04 Å². The molecule has 0 radical (unpaired) electrons. The Morgan fingerprint density at radius 1 is 1.07 bits per heavy atom. The van der Waals surface area contributed by atoms with Crippen LogP contribution in [0.15, 0.2) is 71.5 Å². The minimum Gasteiger partial charge on any atom is -0.305 e. The molecular formula is C23H23FN2OS. The van der Waals surface area contributed by atoms with E-state index in [0.29, 0.717) is 6.42 Å². The van der Waals surface area contributed by atoms with Gasteiger partial charge in [-0.05, 0) is 54.3 Å². The van der Waals surface area contributed by atoms with Gasteiger partial charge in [0.2, 0.25) is 0 Å². The predicted molar refractivity (Wildman–Crippen MR) is 114 cm³/mol. The highest BCUT2D eigenvalue weighted by Crippen LogP contribution is 2.29. The highest BCUT2D eigenvalue weighted by Gasteiger charge is 2.31. The summed E-state index contributed by atoms with van der Waals surface area (Å²) in [6.45, 7) is 0. The number of hydrogen-bond donors (Lipinski definition) is 1. The third-order valence-electron chi connectivity index (χ3n) is 5.41. The molecule has 1 aliphatic rings. The van der Waals surface area contributed by atoms with E-state index in [9.17, 15) is 9.18 Å². The summed E-state index contributed by atoms with van der Waals surface area (Å²) in [5.41, 5.74) is 3.85. The first-order valence-corrected chi connectivity index (χ1v) is 10.7. The Labute approximate surface area is 168 Å². The maximum absolute atomic E-state index is 14.1. The highest BCUT2D eigenvalue weighted by molar-refractivity contribution is 7.96. The van der Waals surface area contributed by atoms with Gasteiger partial charge in [0.15, 0.2) is 5.82 Å². The topological polar surface area (TPSA) is 34.0 Å². The van der Waals surface area contributed by atoms with E-state index in [2.05, 4.69) is 35.1 Å². The molecule has 0 amide bonds. The van der Waals surface area contributed by atoms with E-state index in [4.69, 9.17) is 0 Å². The van der Waals surface area contributed by atoms with Crippen LogP contribution in [0.1, 0.15) is 23.7 Å².